The number of hydrogen-bond donors (Lipinski definition) is 1. The molecule has 132 valence electrons. The molecule has 3 fully saturated rings. The van der Waals surface area contributed by atoms with Crippen LogP contribution in [-0.2, 0) is 11.4 Å². The van der Waals surface area contributed by atoms with Crippen LogP contribution in [0.1, 0.15) is 57.1 Å². The molecule has 1 aromatic rings. The predicted molar refractivity (Wildman–Crippen MR) is 95.1 cm³/mol. The van der Waals surface area contributed by atoms with Gasteiger partial charge in [0.15, 0.2) is 5.13 Å². The molecule has 2 saturated heterocycles. The van der Waals surface area contributed by atoms with Gasteiger partial charge >= 0.3 is 0 Å². The SMILES string of the molecule is O=C1N(C2CCCCC2)CCC[C@]12CCN(c1nc(CO)cs1)C2. The summed E-state index contributed by atoms with van der Waals surface area (Å²) in [7, 11) is 0. The van der Waals surface area contributed by atoms with E-state index in [1.165, 1.54) is 32.1 Å². The lowest BCUT2D eigenvalue weighted by molar-refractivity contribution is -0.148. The highest BCUT2D eigenvalue weighted by Gasteiger charge is 2.50. The number of amides is 1. The van der Waals surface area contributed by atoms with Gasteiger partial charge in [0.2, 0.25) is 5.91 Å². The summed E-state index contributed by atoms with van der Waals surface area (Å²) in [6.07, 6.45) is 9.36. The molecule has 1 aliphatic carbocycles. The van der Waals surface area contributed by atoms with Crippen LogP contribution in [0.4, 0.5) is 5.13 Å². The van der Waals surface area contributed by atoms with E-state index in [2.05, 4.69) is 14.8 Å². The topological polar surface area (TPSA) is 56.7 Å². The fraction of sp³-hybridized carbons (Fsp3) is 0.778. The second kappa shape index (κ2) is 6.64. The first kappa shape index (κ1) is 16.3. The molecule has 0 radical (unpaired) electrons. The van der Waals surface area contributed by atoms with Gasteiger partial charge in [-0.3, -0.25) is 4.79 Å². The summed E-state index contributed by atoms with van der Waals surface area (Å²) >= 11 is 1.58. The smallest absolute Gasteiger partial charge is 0.230 e. The van der Waals surface area contributed by atoms with E-state index in [0.717, 1.165) is 49.7 Å². The number of aliphatic hydroxyl groups is 1. The number of aromatic nitrogens is 1. The van der Waals surface area contributed by atoms with Gasteiger partial charge in [0.05, 0.1) is 17.7 Å². The number of nitrogens with zero attached hydrogens (tertiary/aromatic N) is 3. The number of likely N-dealkylation sites (tertiary alicyclic amines) is 1. The van der Waals surface area contributed by atoms with Crippen LogP contribution in [0.5, 0.6) is 0 Å². The average Bonchev–Trinajstić information content (AvgIpc) is 3.26. The highest BCUT2D eigenvalue weighted by Crippen LogP contribution is 2.43. The predicted octanol–water partition coefficient (Wildman–Crippen LogP) is 2.79. The van der Waals surface area contributed by atoms with Gasteiger partial charge < -0.3 is 14.9 Å². The molecule has 24 heavy (non-hydrogen) atoms. The van der Waals surface area contributed by atoms with E-state index in [0.29, 0.717) is 11.9 Å². The zero-order valence-corrected chi connectivity index (χ0v) is 15.1. The number of thiazole rings is 1. The monoisotopic (exact) mass is 349 g/mol. The summed E-state index contributed by atoms with van der Waals surface area (Å²) in [6.45, 7) is 2.65. The van der Waals surface area contributed by atoms with Crippen LogP contribution >= 0.6 is 11.3 Å². The minimum absolute atomic E-state index is 0.0100. The summed E-state index contributed by atoms with van der Waals surface area (Å²) in [4.78, 5) is 22.3. The van der Waals surface area contributed by atoms with E-state index in [1.807, 2.05) is 5.38 Å². The van der Waals surface area contributed by atoms with Crippen molar-refractivity contribution in [2.24, 2.45) is 5.41 Å². The lowest BCUT2D eigenvalue weighted by Crippen LogP contribution is -2.54. The lowest BCUT2D eigenvalue weighted by Gasteiger charge is -2.44. The van der Waals surface area contributed by atoms with Crippen molar-refractivity contribution in [3.63, 3.8) is 0 Å². The van der Waals surface area contributed by atoms with E-state index in [4.69, 9.17) is 0 Å². The maximum absolute atomic E-state index is 13.3. The fourth-order valence-corrected chi connectivity index (χ4v) is 5.61. The van der Waals surface area contributed by atoms with Gasteiger partial charge in [-0.05, 0) is 32.1 Å². The summed E-state index contributed by atoms with van der Waals surface area (Å²) in [5.74, 6) is 0.405. The Bertz CT molecular complexity index is 599. The first-order chi connectivity index (χ1) is 11.7. The minimum atomic E-state index is -0.194. The number of anilines is 1. The molecule has 3 aliphatic rings. The highest BCUT2D eigenvalue weighted by molar-refractivity contribution is 7.13. The Hall–Kier alpha value is -1.14. The van der Waals surface area contributed by atoms with Gasteiger partial charge in [-0.15, -0.1) is 11.3 Å². The number of aliphatic hydroxyl groups excluding tert-OH is 1. The highest BCUT2D eigenvalue weighted by atomic mass is 32.1. The van der Waals surface area contributed by atoms with Crippen LogP contribution in [0, 0.1) is 5.41 Å². The van der Waals surface area contributed by atoms with Crippen LogP contribution in [0.2, 0.25) is 0 Å². The minimum Gasteiger partial charge on any atom is -0.390 e. The third-order valence-corrected chi connectivity index (χ3v) is 7.06. The van der Waals surface area contributed by atoms with Crippen molar-refractivity contribution >= 4 is 22.4 Å². The fourth-order valence-electron chi connectivity index (χ4n) is 4.77. The van der Waals surface area contributed by atoms with Crippen molar-refractivity contribution < 1.29 is 9.90 Å². The Morgan fingerprint density at radius 3 is 2.79 bits per heavy atom. The second-order valence-corrected chi connectivity index (χ2v) is 8.46. The first-order valence-corrected chi connectivity index (χ1v) is 10.2. The molecular weight excluding hydrogens is 322 g/mol. The quantitative estimate of drug-likeness (QED) is 0.912. The van der Waals surface area contributed by atoms with E-state index in [1.54, 1.807) is 11.3 Å². The number of hydrogen-bond acceptors (Lipinski definition) is 5. The summed E-state index contributed by atoms with van der Waals surface area (Å²) in [5, 5.41) is 12.1. The molecule has 1 saturated carbocycles. The Labute approximate surface area is 147 Å². The van der Waals surface area contributed by atoms with Crippen LogP contribution in [0.25, 0.3) is 0 Å². The third-order valence-electron chi connectivity index (χ3n) is 6.11. The van der Waals surface area contributed by atoms with E-state index in [-0.39, 0.29) is 12.0 Å². The maximum Gasteiger partial charge on any atom is 0.230 e. The molecule has 1 aromatic heterocycles. The normalized spacial score (nSPS) is 29.0. The Balaban J connectivity index is 1.49. The molecule has 6 heteroatoms. The number of piperidine rings is 1. The molecule has 5 nitrogen and oxygen atoms in total. The van der Waals surface area contributed by atoms with E-state index >= 15 is 0 Å². The van der Waals surface area contributed by atoms with Crippen molar-refractivity contribution in [2.75, 3.05) is 24.5 Å². The van der Waals surface area contributed by atoms with Crippen molar-refractivity contribution in [3.8, 4) is 0 Å². The van der Waals surface area contributed by atoms with E-state index in [9.17, 15) is 9.90 Å². The standard InChI is InChI=1S/C18H27N3O2S/c22-11-14-12-24-17(19-14)20-10-8-18(13-20)7-4-9-21(16(18)23)15-5-2-1-3-6-15/h12,15,22H,1-11,13H2/t18-/m1/s1. The molecule has 2 aliphatic heterocycles. The van der Waals surface area contributed by atoms with Crippen molar-refractivity contribution in [2.45, 2.75) is 64.0 Å². The summed E-state index contributed by atoms with van der Waals surface area (Å²) < 4.78 is 0. The van der Waals surface area contributed by atoms with Crippen LogP contribution < -0.4 is 4.90 Å². The molecule has 0 bridgehead atoms. The first-order valence-electron chi connectivity index (χ1n) is 9.33. The van der Waals surface area contributed by atoms with Gasteiger partial charge in [0.1, 0.15) is 0 Å². The molecule has 0 aromatic carbocycles. The molecule has 3 heterocycles. The summed E-state index contributed by atoms with van der Waals surface area (Å²) in [5.41, 5.74) is 0.538. The number of rotatable bonds is 3. The van der Waals surface area contributed by atoms with E-state index < -0.39 is 0 Å². The largest absolute Gasteiger partial charge is 0.390 e. The molecule has 1 N–H and O–H groups in total. The maximum atomic E-state index is 13.3. The lowest BCUT2D eigenvalue weighted by atomic mass is 9.77. The average molecular weight is 350 g/mol. The molecule has 1 spiro atoms. The molecule has 1 amide bonds. The van der Waals surface area contributed by atoms with Gasteiger partial charge in [-0.25, -0.2) is 4.98 Å². The zero-order valence-electron chi connectivity index (χ0n) is 14.2. The van der Waals surface area contributed by atoms with Gasteiger partial charge in [-0.1, -0.05) is 19.3 Å². The zero-order chi connectivity index (χ0) is 16.6. The Morgan fingerprint density at radius 2 is 2.04 bits per heavy atom. The van der Waals surface area contributed by atoms with Crippen LogP contribution in [0.3, 0.4) is 0 Å². The number of carbonyl (C=O) groups excluding carboxylic acids is 1. The molecule has 0 unspecified atom stereocenters. The van der Waals surface area contributed by atoms with Crippen molar-refractivity contribution in [3.05, 3.63) is 11.1 Å². The molecule has 1 atom stereocenters. The molecule has 4 rings (SSSR count). The summed E-state index contributed by atoms with van der Waals surface area (Å²) in [6, 6.07) is 0.485. The molecular formula is C18H27N3O2S. The van der Waals surface area contributed by atoms with Gasteiger partial charge in [0.25, 0.3) is 0 Å². The number of carbonyl (C=O) groups is 1. The third kappa shape index (κ3) is 2.84. The second-order valence-electron chi connectivity index (χ2n) is 7.63. The Kier molecular flexibility index (Phi) is 4.52. The van der Waals surface area contributed by atoms with Gasteiger partial charge in [-0.2, -0.15) is 0 Å². The Morgan fingerprint density at radius 1 is 1.21 bits per heavy atom. The van der Waals surface area contributed by atoms with Gasteiger partial charge in [0, 0.05) is 31.1 Å². The van der Waals surface area contributed by atoms with Crippen LogP contribution in [-0.4, -0.2) is 46.6 Å². The van der Waals surface area contributed by atoms with Crippen LogP contribution in [0.15, 0.2) is 5.38 Å². The van der Waals surface area contributed by atoms with Crippen molar-refractivity contribution in [1.82, 2.24) is 9.88 Å². The van der Waals surface area contributed by atoms with Crippen molar-refractivity contribution in [1.29, 1.82) is 0 Å².